The molecule has 0 radical (unpaired) electrons. The average Bonchev–Trinajstić information content (AvgIpc) is 2.91. The minimum absolute atomic E-state index is 0.0762. The van der Waals surface area contributed by atoms with E-state index in [4.69, 9.17) is 4.74 Å². The highest BCUT2D eigenvalue weighted by Gasteiger charge is 2.46. The summed E-state index contributed by atoms with van der Waals surface area (Å²) in [6, 6.07) is 24.0. The Balaban J connectivity index is 1.52. The van der Waals surface area contributed by atoms with Crippen molar-refractivity contribution >= 4 is 5.91 Å². The summed E-state index contributed by atoms with van der Waals surface area (Å²) in [6.45, 7) is 0.907. The number of para-hydroxylation sites is 1. The number of piperidine rings is 1. The van der Waals surface area contributed by atoms with E-state index in [1.807, 2.05) is 30.3 Å². The monoisotopic (exact) mass is 496 g/mol. The maximum absolute atomic E-state index is 14.1. The molecule has 1 N–H and O–H groups in total. The van der Waals surface area contributed by atoms with Crippen LogP contribution in [0.2, 0.25) is 0 Å². The number of halogens is 3. The molecule has 0 aliphatic carbocycles. The molecule has 3 aromatic carbocycles. The van der Waals surface area contributed by atoms with E-state index in [9.17, 15) is 18.0 Å². The zero-order valence-electron chi connectivity index (χ0n) is 20.3. The lowest BCUT2D eigenvalue weighted by Gasteiger charge is -2.45. The quantitative estimate of drug-likeness (QED) is 0.439. The number of carbonyl (C=O) groups is 1. The van der Waals surface area contributed by atoms with Crippen LogP contribution in [0.15, 0.2) is 84.9 Å². The van der Waals surface area contributed by atoms with Gasteiger partial charge in [-0.25, -0.2) is 0 Å². The molecule has 3 aromatic rings. The molecule has 1 atom stereocenters. The van der Waals surface area contributed by atoms with Gasteiger partial charge < -0.3 is 10.1 Å². The van der Waals surface area contributed by atoms with Gasteiger partial charge >= 0.3 is 6.18 Å². The topological polar surface area (TPSA) is 41.6 Å². The van der Waals surface area contributed by atoms with Crippen LogP contribution in [0.5, 0.6) is 5.75 Å². The number of hydrogen-bond acceptors (Lipinski definition) is 3. The summed E-state index contributed by atoms with van der Waals surface area (Å²) in [5.41, 5.74) is 1.67. The van der Waals surface area contributed by atoms with Crippen LogP contribution in [-0.4, -0.2) is 49.8 Å². The van der Waals surface area contributed by atoms with Crippen molar-refractivity contribution < 1.29 is 22.7 Å². The van der Waals surface area contributed by atoms with Crippen LogP contribution in [0.3, 0.4) is 0 Å². The van der Waals surface area contributed by atoms with Crippen molar-refractivity contribution in [3.8, 4) is 5.75 Å². The number of amides is 1. The molecule has 1 heterocycles. The Labute approximate surface area is 210 Å². The molecule has 1 unspecified atom stereocenters. The molecule has 4 rings (SSSR count). The van der Waals surface area contributed by atoms with E-state index in [-0.39, 0.29) is 25.4 Å². The molecular weight excluding hydrogens is 465 g/mol. The Morgan fingerprint density at radius 3 is 2.14 bits per heavy atom. The Morgan fingerprint density at radius 1 is 0.944 bits per heavy atom. The molecule has 7 heteroatoms. The number of benzene rings is 3. The van der Waals surface area contributed by atoms with Crippen LogP contribution in [-0.2, 0) is 11.8 Å². The van der Waals surface area contributed by atoms with Crippen molar-refractivity contribution in [2.75, 3.05) is 26.7 Å². The Morgan fingerprint density at radius 2 is 1.53 bits per heavy atom. The fourth-order valence-corrected chi connectivity index (χ4v) is 5.09. The summed E-state index contributed by atoms with van der Waals surface area (Å²) in [5, 5.41) is 3.04. The molecule has 1 aliphatic rings. The number of carbonyl (C=O) groups excluding carboxylic acids is 1. The summed E-state index contributed by atoms with van der Waals surface area (Å²) in [6.07, 6.45) is -3.40. The third-order valence-corrected chi connectivity index (χ3v) is 7.17. The van der Waals surface area contributed by atoms with Gasteiger partial charge in [0, 0.05) is 12.0 Å². The summed E-state index contributed by atoms with van der Waals surface area (Å²) in [5.74, 6) is 0.218. The van der Waals surface area contributed by atoms with Crippen LogP contribution >= 0.6 is 0 Å². The standard InChI is InChI=1S/C29H31F3N2O2/c1-36-25-15-9-8-14-24(25)27(35)33-21-28(23-12-6-3-7-13-23)16-18-34(19-17-28)26(29(30,31)32)20-22-10-4-2-5-11-22/h2-15,26H,16-21H2,1H3,(H,33,35). The van der Waals surface area contributed by atoms with Crippen molar-refractivity contribution in [1.29, 1.82) is 0 Å². The molecule has 1 fully saturated rings. The summed E-state index contributed by atoms with van der Waals surface area (Å²) in [4.78, 5) is 14.5. The van der Waals surface area contributed by atoms with E-state index in [2.05, 4.69) is 5.32 Å². The number of nitrogens with zero attached hydrogens (tertiary/aromatic N) is 1. The Bertz CT molecular complexity index is 1130. The van der Waals surface area contributed by atoms with Gasteiger partial charge in [0.1, 0.15) is 11.8 Å². The molecular formula is C29H31F3N2O2. The fraction of sp³-hybridized carbons (Fsp3) is 0.345. The van der Waals surface area contributed by atoms with Crippen molar-refractivity contribution in [2.24, 2.45) is 0 Å². The van der Waals surface area contributed by atoms with Crippen molar-refractivity contribution in [3.05, 3.63) is 102 Å². The minimum atomic E-state index is -4.33. The van der Waals surface area contributed by atoms with Crippen LogP contribution < -0.4 is 10.1 Å². The third kappa shape index (κ3) is 5.90. The lowest BCUT2D eigenvalue weighted by Crippen LogP contribution is -2.55. The normalized spacial score (nSPS) is 16.8. The first kappa shape index (κ1) is 25.8. The van der Waals surface area contributed by atoms with Crippen molar-refractivity contribution in [2.45, 2.75) is 36.9 Å². The largest absolute Gasteiger partial charge is 0.496 e. The number of alkyl halides is 3. The molecule has 4 nitrogen and oxygen atoms in total. The van der Waals surface area contributed by atoms with E-state index in [0.717, 1.165) is 5.56 Å². The lowest BCUT2D eigenvalue weighted by molar-refractivity contribution is -0.187. The lowest BCUT2D eigenvalue weighted by atomic mass is 9.72. The number of likely N-dealkylation sites (tertiary alicyclic amines) is 1. The van der Waals surface area contributed by atoms with Gasteiger partial charge in [0.2, 0.25) is 0 Å². The van der Waals surface area contributed by atoms with Gasteiger partial charge in [0.25, 0.3) is 5.91 Å². The van der Waals surface area contributed by atoms with Gasteiger partial charge in [0.15, 0.2) is 0 Å². The van der Waals surface area contributed by atoms with Crippen molar-refractivity contribution in [3.63, 3.8) is 0 Å². The molecule has 36 heavy (non-hydrogen) atoms. The highest BCUT2D eigenvalue weighted by molar-refractivity contribution is 5.96. The number of ether oxygens (including phenoxy) is 1. The second kappa shape index (κ2) is 11.2. The van der Waals surface area contributed by atoms with Gasteiger partial charge in [-0.05, 0) is 55.6 Å². The van der Waals surface area contributed by atoms with E-state index >= 15 is 0 Å². The van der Waals surface area contributed by atoms with Crippen LogP contribution in [0.25, 0.3) is 0 Å². The highest BCUT2D eigenvalue weighted by Crippen LogP contribution is 2.38. The predicted molar refractivity (Wildman–Crippen MR) is 134 cm³/mol. The summed E-state index contributed by atoms with van der Waals surface area (Å²) < 4.78 is 47.6. The van der Waals surface area contributed by atoms with E-state index in [1.54, 1.807) is 59.5 Å². The van der Waals surface area contributed by atoms with E-state index in [0.29, 0.717) is 36.3 Å². The first-order chi connectivity index (χ1) is 17.3. The molecule has 190 valence electrons. The third-order valence-electron chi connectivity index (χ3n) is 7.17. The molecule has 0 saturated carbocycles. The molecule has 0 spiro atoms. The van der Waals surface area contributed by atoms with Gasteiger partial charge in [0.05, 0.1) is 12.7 Å². The summed E-state index contributed by atoms with van der Waals surface area (Å²) in [7, 11) is 1.51. The van der Waals surface area contributed by atoms with Crippen LogP contribution in [0.4, 0.5) is 13.2 Å². The highest BCUT2D eigenvalue weighted by atomic mass is 19.4. The Kier molecular flexibility index (Phi) is 7.99. The first-order valence-electron chi connectivity index (χ1n) is 12.1. The van der Waals surface area contributed by atoms with Gasteiger partial charge in [-0.1, -0.05) is 72.8 Å². The molecule has 0 aromatic heterocycles. The Hall–Kier alpha value is -3.32. The van der Waals surface area contributed by atoms with Gasteiger partial charge in [-0.15, -0.1) is 0 Å². The number of hydrogen-bond donors (Lipinski definition) is 1. The van der Waals surface area contributed by atoms with E-state index in [1.165, 1.54) is 7.11 Å². The van der Waals surface area contributed by atoms with E-state index < -0.39 is 17.6 Å². The molecule has 0 bridgehead atoms. The second-order valence-corrected chi connectivity index (χ2v) is 9.31. The van der Waals surface area contributed by atoms with Crippen LogP contribution in [0.1, 0.15) is 34.3 Å². The minimum Gasteiger partial charge on any atom is -0.496 e. The predicted octanol–water partition coefficient (Wildman–Crippen LogP) is 5.63. The maximum Gasteiger partial charge on any atom is 0.404 e. The maximum atomic E-state index is 14.1. The number of nitrogens with one attached hydrogen (secondary N) is 1. The zero-order chi connectivity index (χ0) is 25.6. The van der Waals surface area contributed by atoms with Crippen LogP contribution in [0, 0.1) is 0 Å². The van der Waals surface area contributed by atoms with Gasteiger partial charge in [-0.3, -0.25) is 9.69 Å². The average molecular weight is 497 g/mol. The summed E-state index contributed by atoms with van der Waals surface area (Å²) >= 11 is 0. The number of methoxy groups -OCH3 is 1. The van der Waals surface area contributed by atoms with Crippen molar-refractivity contribution in [1.82, 2.24) is 10.2 Å². The second-order valence-electron chi connectivity index (χ2n) is 9.31. The fourth-order valence-electron chi connectivity index (χ4n) is 5.09. The smallest absolute Gasteiger partial charge is 0.404 e. The molecule has 1 saturated heterocycles. The SMILES string of the molecule is COc1ccccc1C(=O)NCC1(c2ccccc2)CCN(C(Cc2ccccc2)C(F)(F)F)CC1. The first-order valence-corrected chi connectivity index (χ1v) is 12.1. The van der Waals surface area contributed by atoms with Gasteiger partial charge in [-0.2, -0.15) is 13.2 Å². The molecule has 1 amide bonds. The molecule has 1 aliphatic heterocycles. The zero-order valence-corrected chi connectivity index (χ0v) is 20.3. The number of rotatable bonds is 8.